The zero-order valence-electron chi connectivity index (χ0n) is 6.47. The Morgan fingerprint density at radius 2 is 1.50 bits per heavy atom. The summed E-state index contributed by atoms with van der Waals surface area (Å²) in [7, 11) is -5.16. The van der Waals surface area contributed by atoms with E-state index in [1.165, 1.54) is 0 Å². The van der Waals surface area contributed by atoms with Gasteiger partial charge < -0.3 is 19.8 Å². The van der Waals surface area contributed by atoms with Crippen LogP contribution in [0.3, 0.4) is 0 Å². The van der Waals surface area contributed by atoms with Gasteiger partial charge in [0.25, 0.3) is 0 Å². The summed E-state index contributed by atoms with van der Waals surface area (Å²) in [6.45, 7) is 0. The number of aliphatic hydroxyl groups is 2. The van der Waals surface area contributed by atoms with E-state index >= 15 is 0 Å². The molecule has 0 bridgehead atoms. The van der Waals surface area contributed by atoms with Crippen LogP contribution in [0.15, 0.2) is 0 Å². The molecule has 0 aliphatic carbocycles. The van der Waals surface area contributed by atoms with Crippen LogP contribution in [0, 0.1) is 0 Å². The molecule has 0 rings (SSSR count). The first-order chi connectivity index (χ1) is 6.15. The molecule has 2 unspecified atom stereocenters. The number of aliphatic carboxylic acids is 1. The molecule has 0 aliphatic heterocycles. The molecule has 9 nitrogen and oxygen atoms in total. The van der Waals surface area contributed by atoms with Gasteiger partial charge in [-0.2, -0.15) is 0 Å². The summed E-state index contributed by atoms with van der Waals surface area (Å²) in [5, 5.41) is 25.3. The summed E-state index contributed by atoms with van der Waals surface area (Å²) >= 11 is 0. The first kappa shape index (κ1) is 22.8. The van der Waals surface area contributed by atoms with Crippen molar-refractivity contribution in [3.05, 3.63) is 0 Å². The van der Waals surface area contributed by atoms with Crippen LogP contribution >= 0.6 is 7.82 Å². The molecule has 0 aromatic rings. The Balaban J connectivity index is -0.000000845. The van der Waals surface area contributed by atoms with Crippen molar-refractivity contribution in [2.24, 2.45) is 0 Å². The molecule has 12 heteroatoms. The zero-order chi connectivity index (χ0) is 11.5. The molecule has 0 amide bonds. The number of carboxylic acids is 1. The maximum atomic E-state index is 10.5. The summed E-state index contributed by atoms with van der Waals surface area (Å²) in [5.41, 5.74) is 0. The van der Waals surface area contributed by atoms with Gasteiger partial charge in [-0.3, -0.25) is 9.79 Å². The summed E-state index contributed by atoms with van der Waals surface area (Å²) in [5.74, 6) is -3.85. The third-order valence-electron chi connectivity index (χ3n) is 1.00. The minimum atomic E-state index is -5.16. The zero-order valence-corrected chi connectivity index (χ0v) is 7.37. The summed E-state index contributed by atoms with van der Waals surface area (Å²) < 4.78 is 13.4. The number of rotatable bonds is 4. The van der Waals surface area contributed by atoms with Gasteiger partial charge >= 0.3 is 101 Å². The SMILES string of the molecule is O=C(O)C(O)C(O)C(=O)OP(=O)(O)O.[KH].[NaH]. The van der Waals surface area contributed by atoms with Crippen molar-refractivity contribution in [2.45, 2.75) is 12.2 Å². The number of carbonyl (C=O) groups excluding carboxylic acids is 1. The van der Waals surface area contributed by atoms with Crippen LogP contribution in [0.2, 0.25) is 0 Å². The summed E-state index contributed by atoms with van der Waals surface area (Å²) in [6.07, 6.45) is -5.06. The number of hydrogen-bond donors (Lipinski definition) is 5. The van der Waals surface area contributed by atoms with Gasteiger partial charge in [0, 0.05) is 0 Å². The van der Waals surface area contributed by atoms with E-state index in [1.54, 1.807) is 0 Å². The first-order valence-electron chi connectivity index (χ1n) is 3.03. The van der Waals surface area contributed by atoms with Crippen LogP contribution in [0.25, 0.3) is 0 Å². The van der Waals surface area contributed by atoms with Crippen LogP contribution in [0.1, 0.15) is 0 Å². The molecule has 5 N–H and O–H groups in total. The molecule has 0 spiro atoms. The van der Waals surface area contributed by atoms with Crippen LogP contribution in [-0.2, 0) is 18.7 Å². The third-order valence-corrected chi connectivity index (χ3v) is 1.42. The van der Waals surface area contributed by atoms with Crippen molar-refractivity contribution in [2.75, 3.05) is 0 Å². The number of phosphoric acid groups is 1. The molecular weight excluding hydrogens is 285 g/mol. The predicted octanol–water partition coefficient (Wildman–Crippen LogP) is -3.87. The summed E-state index contributed by atoms with van der Waals surface area (Å²) in [6, 6.07) is 0. The van der Waals surface area contributed by atoms with E-state index in [0.717, 1.165) is 0 Å². The average Bonchev–Trinajstić information content (AvgIpc) is 1.98. The Bertz CT molecular complexity index is 289. The molecule has 0 saturated carbocycles. The van der Waals surface area contributed by atoms with Crippen molar-refractivity contribution in [3.8, 4) is 0 Å². The molecule has 16 heavy (non-hydrogen) atoms. The second kappa shape index (κ2) is 9.56. The summed E-state index contributed by atoms with van der Waals surface area (Å²) in [4.78, 5) is 36.7. The number of phosphoric ester groups is 1. The van der Waals surface area contributed by atoms with E-state index in [9.17, 15) is 14.2 Å². The quantitative estimate of drug-likeness (QED) is 0.258. The second-order valence-electron chi connectivity index (χ2n) is 2.13. The molecule has 0 heterocycles. The second-order valence-corrected chi connectivity index (χ2v) is 3.29. The standard InChI is InChI=1S/C4H7O9P.K.Na.2H/c5-1(3(7)8)2(6)4(9)13-14(10,11)12;;;;/h1-2,5-6H,(H,7,8)(H2,10,11,12);;;;. The van der Waals surface area contributed by atoms with Crippen molar-refractivity contribution >= 4 is 101 Å². The number of hydrogen-bond acceptors (Lipinski definition) is 6. The topological polar surface area (TPSA) is 162 Å². The molecule has 0 radical (unpaired) electrons. The molecule has 0 aliphatic rings. The van der Waals surface area contributed by atoms with Crippen LogP contribution in [0.5, 0.6) is 0 Å². The monoisotopic (exact) mass is 294 g/mol. The van der Waals surface area contributed by atoms with Crippen molar-refractivity contribution in [3.63, 3.8) is 0 Å². The van der Waals surface area contributed by atoms with Crippen LogP contribution in [0.4, 0.5) is 0 Å². The van der Waals surface area contributed by atoms with Gasteiger partial charge in [-0.1, -0.05) is 0 Å². The fourth-order valence-corrected chi connectivity index (χ4v) is 0.778. The van der Waals surface area contributed by atoms with Gasteiger partial charge in [-0.25, -0.2) is 14.2 Å². The van der Waals surface area contributed by atoms with E-state index in [0.29, 0.717) is 0 Å². The van der Waals surface area contributed by atoms with E-state index in [2.05, 4.69) is 4.52 Å². The van der Waals surface area contributed by atoms with Gasteiger partial charge in [-0.15, -0.1) is 0 Å². The van der Waals surface area contributed by atoms with Gasteiger partial charge in [0.2, 0.25) is 0 Å². The Labute approximate surface area is 154 Å². The van der Waals surface area contributed by atoms with Gasteiger partial charge in [0.1, 0.15) is 0 Å². The molecule has 0 aromatic carbocycles. The molecular formula is C4H9KNaO9P. The Morgan fingerprint density at radius 1 is 1.12 bits per heavy atom. The number of aliphatic hydroxyl groups excluding tert-OH is 2. The normalized spacial score (nSPS) is 13.8. The van der Waals surface area contributed by atoms with Crippen molar-refractivity contribution < 1.29 is 43.8 Å². The Kier molecular flexibility index (Phi) is 13.6. The van der Waals surface area contributed by atoms with Crippen LogP contribution < -0.4 is 0 Å². The van der Waals surface area contributed by atoms with Gasteiger partial charge in [-0.05, 0) is 0 Å². The van der Waals surface area contributed by atoms with Gasteiger partial charge in [0.05, 0.1) is 0 Å². The van der Waals surface area contributed by atoms with Gasteiger partial charge in [0.15, 0.2) is 12.2 Å². The fraction of sp³-hybridized carbons (Fsp3) is 0.500. The van der Waals surface area contributed by atoms with E-state index in [1.807, 2.05) is 0 Å². The first-order valence-corrected chi connectivity index (χ1v) is 4.56. The minimum absolute atomic E-state index is 0. The average molecular weight is 294 g/mol. The molecule has 86 valence electrons. The van der Waals surface area contributed by atoms with Crippen LogP contribution in [-0.4, -0.2) is 130 Å². The molecule has 0 aromatic heterocycles. The number of carbonyl (C=O) groups is 2. The predicted molar refractivity (Wildman–Crippen MR) is 52.1 cm³/mol. The van der Waals surface area contributed by atoms with E-state index < -0.39 is 32.0 Å². The molecule has 2 atom stereocenters. The van der Waals surface area contributed by atoms with Crippen molar-refractivity contribution in [1.82, 2.24) is 0 Å². The van der Waals surface area contributed by atoms with Crippen molar-refractivity contribution in [1.29, 1.82) is 0 Å². The fourth-order valence-electron chi connectivity index (χ4n) is 0.435. The number of carboxylic acid groups (broad SMARTS) is 1. The van der Waals surface area contributed by atoms with E-state index in [4.69, 9.17) is 25.1 Å². The molecule has 0 fully saturated rings. The third kappa shape index (κ3) is 9.65. The van der Waals surface area contributed by atoms with E-state index in [-0.39, 0.29) is 80.9 Å². The Morgan fingerprint density at radius 3 is 1.75 bits per heavy atom. The Hall–Kier alpha value is 1.65. The maximum absolute atomic E-state index is 10.5. The molecule has 0 saturated heterocycles.